The first-order chi connectivity index (χ1) is 11.9. The van der Waals surface area contributed by atoms with E-state index < -0.39 is 30.2 Å². The second kappa shape index (κ2) is 5.33. The summed E-state index contributed by atoms with van der Waals surface area (Å²) in [5, 5.41) is 10.9. The fourth-order valence-corrected chi connectivity index (χ4v) is 3.40. The van der Waals surface area contributed by atoms with Crippen molar-refractivity contribution in [2.75, 3.05) is 0 Å². The van der Waals surface area contributed by atoms with Gasteiger partial charge in [-0.15, -0.1) is 0 Å². The second-order valence-corrected chi connectivity index (χ2v) is 6.51. The lowest BCUT2D eigenvalue weighted by Crippen LogP contribution is -2.64. The molecule has 0 bridgehead atoms. The fourth-order valence-electron chi connectivity index (χ4n) is 3.40. The monoisotopic (exact) mass is 346 g/mol. The van der Waals surface area contributed by atoms with Gasteiger partial charge in [-0.05, 0) is 13.0 Å². The predicted molar refractivity (Wildman–Crippen MR) is 84.3 cm³/mol. The van der Waals surface area contributed by atoms with E-state index in [1.54, 1.807) is 46.8 Å². The molecule has 3 heterocycles. The first-order valence-corrected chi connectivity index (χ1v) is 7.85. The highest BCUT2D eigenvalue weighted by Crippen LogP contribution is 2.46. The Morgan fingerprint density at radius 1 is 1.32 bits per heavy atom. The molecule has 0 aliphatic heterocycles. The van der Waals surface area contributed by atoms with Crippen molar-refractivity contribution >= 4 is 11.6 Å². The second-order valence-electron chi connectivity index (χ2n) is 6.51. The van der Waals surface area contributed by atoms with Gasteiger partial charge in [0.25, 0.3) is 11.8 Å². The van der Waals surface area contributed by atoms with Crippen molar-refractivity contribution in [3.05, 3.63) is 48.2 Å². The molecule has 130 valence electrons. The molecule has 1 aliphatic rings. The average Bonchev–Trinajstić information content (AvgIpc) is 3.16. The van der Waals surface area contributed by atoms with E-state index in [-0.39, 0.29) is 6.54 Å². The average molecular weight is 346 g/mol. The topological polar surface area (TPSA) is 77.1 Å². The van der Waals surface area contributed by atoms with E-state index in [0.29, 0.717) is 16.9 Å². The van der Waals surface area contributed by atoms with E-state index in [4.69, 9.17) is 0 Å². The van der Waals surface area contributed by atoms with Crippen LogP contribution in [-0.2, 0) is 6.54 Å². The molecule has 0 unspecified atom stereocenters. The molecule has 1 aliphatic carbocycles. The first-order valence-electron chi connectivity index (χ1n) is 7.85. The lowest BCUT2D eigenvalue weighted by Gasteiger charge is -2.47. The molecule has 9 heteroatoms. The molecule has 3 aromatic heterocycles. The summed E-state index contributed by atoms with van der Waals surface area (Å²) < 4.78 is 30.2. The van der Waals surface area contributed by atoms with Crippen molar-refractivity contribution in [1.29, 1.82) is 0 Å². The maximum Gasteiger partial charge on any atom is 0.255 e. The number of hydrogen-bond donors (Lipinski definition) is 1. The third kappa shape index (κ3) is 2.75. The summed E-state index contributed by atoms with van der Waals surface area (Å²) in [6, 6.07) is 3.44. The Balaban J connectivity index is 1.61. The molecule has 1 fully saturated rings. The van der Waals surface area contributed by atoms with Crippen molar-refractivity contribution in [2.45, 2.75) is 37.8 Å². The first kappa shape index (κ1) is 15.7. The molecule has 0 spiro atoms. The van der Waals surface area contributed by atoms with Crippen molar-refractivity contribution in [2.24, 2.45) is 0 Å². The Labute approximate surface area is 141 Å². The molecule has 1 amide bonds. The van der Waals surface area contributed by atoms with Crippen LogP contribution in [0.5, 0.6) is 0 Å². The van der Waals surface area contributed by atoms with Crippen molar-refractivity contribution < 1.29 is 13.6 Å². The van der Waals surface area contributed by atoms with E-state index in [9.17, 15) is 13.6 Å². The minimum absolute atomic E-state index is 0.192. The number of nitrogens with one attached hydrogen (secondary N) is 1. The largest absolute Gasteiger partial charge is 0.344 e. The number of aromatic nitrogens is 5. The minimum atomic E-state index is -2.78. The molecule has 0 saturated heterocycles. The van der Waals surface area contributed by atoms with Crippen LogP contribution in [0, 0.1) is 6.92 Å². The highest BCUT2D eigenvalue weighted by Gasteiger charge is 2.57. The molecule has 1 N–H and O–H groups in total. The number of nitrogens with zero attached hydrogens (tertiary/aromatic N) is 5. The van der Waals surface area contributed by atoms with Gasteiger partial charge in [0.2, 0.25) is 0 Å². The highest BCUT2D eigenvalue weighted by atomic mass is 19.3. The number of halogens is 2. The van der Waals surface area contributed by atoms with Gasteiger partial charge in [0.05, 0.1) is 29.5 Å². The molecule has 3 aromatic rings. The summed E-state index contributed by atoms with van der Waals surface area (Å²) in [6.07, 6.45) is 5.46. The maximum absolute atomic E-state index is 13.6. The normalized spacial score (nSPS) is 18.0. The van der Waals surface area contributed by atoms with Crippen LogP contribution in [0.2, 0.25) is 0 Å². The lowest BCUT2D eigenvalue weighted by molar-refractivity contribution is -0.135. The summed E-state index contributed by atoms with van der Waals surface area (Å²) in [6.45, 7) is 1.93. The number of carbonyl (C=O) groups is 1. The molecular weight excluding hydrogens is 330 g/mol. The maximum atomic E-state index is 13.6. The third-order valence-corrected chi connectivity index (χ3v) is 4.50. The summed E-state index contributed by atoms with van der Waals surface area (Å²) in [5.74, 6) is -3.22. The summed E-state index contributed by atoms with van der Waals surface area (Å²) >= 11 is 0. The van der Waals surface area contributed by atoms with Crippen molar-refractivity contribution in [3.8, 4) is 0 Å². The van der Waals surface area contributed by atoms with Gasteiger partial charge in [0.1, 0.15) is 0 Å². The van der Waals surface area contributed by atoms with Crippen LogP contribution < -0.4 is 5.32 Å². The van der Waals surface area contributed by atoms with Crippen LogP contribution in [0.25, 0.3) is 5.65 Å². The zero-order chi connectivity index (χ0) is 17.7. The molecule has 4 rings (SSSR count). The van der Waals surface area contributed by atoms with Gasteiger partial charge in [-0.2, -0.15) is 10.2 Å². The number of fused-ring (bicyclic) bond motifs is 1. The van der Waals surface area contributed by atoms with Gasteiger partial charge >= 0.3 is 0 Å². The summed E-state index contributed by atoms with van der Waals surface area (Å²) in [5.41, 5.74) is 0.507. The van der Waals surface area contributed by atoms with Crippen molar-refractivity contribution in [1.82, 2.24) is 29.7 Å². The van der Waals surface area contributed by atoms with Crippen LogP contribution in [0.15, 0.2) is 36.9 Å². The minimum Gasteiger partial charge on any atom is -0.344 e. The Bertz CT molecular complexity index is 925. The van der Waals surface area contributed by atoms with E-state index in [1.165, 1.54) is 6.20 Å². The Hall–Kier alpha value is -2.84. The predicted octanol–water partition coefficient (Wildman–Crippen LogP) is 1.83. The Morgan fingerprint density at radius 2 is 2.12 bits per heavy atom. The van der Waals surface area contributed by atoms with Gasteiger partial charge in [0, 0.05) is 37.5 Å². The third-order valence-electron chi connectivity index (χ3n) is 4.50. The standard InChI is InChI=1S/C16H16F2N6O/c1-11-12(7-19-13-3-5-21-24(11)13)14(25)22-15(8-16(17,18)9-15)10-23-6-2-4-20-23/h2-7H,8-10H2,1H3,(H,22,25). The van der Waals surface area contributed by atoms with Crippen molar-refractivity contribution in [3.63, 3.8) is 0 Å². The number of alkyl halides is 2. The van der Waals surface area contributed by atoms with Crippen LogP contribution in [0.3, 0.4) is 0 Å². The van der Waals surface area contributed by atoms with E-state index in [1.807, 2.05) is 0 Å². The molecule has 1 saturated carbocycles. The van der Waals surface area contributed by atoms with Gasteiger partial charge in [-0.3, -0.25) is 9.48 Å². The van der Waals surface area contributed by atoms with Crippen LogP contribution >= 0.6 is 0 Å². The molecule has 0 radical (unpaired) electrons. The van der Waals surface area contributed by atoms with Gasteiger partial charge in [-0.1, -0.05) is 0 Å². The summed E-state index contributed by atoms with van der Waals surface area (Å²) in [7, 11) is 0. The van der Waals surface area contributed by atoms with E-state index in [0.717, 1.165) is 0 Å². The Morgan fingerprint density at radius 3 is 2.80 bits per heavy atom. The molecule has 7 nitrogen and oxygen atoms in total. The Kier molecular flexibility index (Phi) is 3.34. The number of carbonyl (C=O) groups excluding carboxylic acids is 1. The smallest absolute Gasteiger partial charge is 0.255 e. The zero-order valence-corrected chi connectivity index (χ0v) is 13.5. The quantitative estimate of drug-likeness (QED) is 0.782. The van der Waals surface area contributed by atoms with Crippen LogP contribution in [0.4, 0.5) is 8.78 Å². The number of amides is 1. The van der Waals surface area contributed by atoms with Crippen LogP contribution in [0.1, 0.15) is 28.9 Å². The SMILES string of the molecule is Cc1c(C(=O)NC2(Cn3cccn3)CC(F)(F)C2)cnc2ccnn12. The molecule has 0 aromatic carbocycles. The van der Waals surface area contributed by atoms with E-state index in [2.05, 4.69) is 20.5 Å². The number of aryl methyl sites for hydroxylation is 1. The van der Waals surface area contributed by atoms with Gasteiger partial charge < -0.3 is 5.32 Å². The van der Waals surface area contributed by atoms with Crippen LogP contribution in [-0.4, -0.2) is 41.7 Å². The lowest BCUT2D eigenvalue weighted by atomic mass is 9.73. The summed E-state index contributed by atoms with van der Waals surface area (Å²) in [4.78, 5) is 16.9. The van der Waals surface area contributed by atoms with Gasteiger partial charge in [0.15, 0.2) is 5.65 Å². The highest BCUT2D eigenvalue weighted by molar-refractivity contribution is 5.95. The van der Waals surface area contributed by atoms with E-state index >= 15 is 0 Å². The molecule has 25 heavy (non-hydrogen) atoms. The number of hydrogen-bond acceptors (Lipinski definition) is 4. The zero-order valence-electron chi connectivity index (χ0n) is 13.5. The molecular formula is C16H16F2N6O. The van der Waals surface area contributed by atoms with Gasteiger partial charge in [-0.25, -0.2) is 18.3 Å². The number of rotatable bonds is 4. The fraction of sp³-hybridized carbons (Fsp3) is 0.375. The molecule has 0 atom stereocenters.